The van der Waals surface area contributed by atoms with Gasteiger partial charge in [0, 0.05) is 49.0 Å². The summed E-state index contributed by atoms with van der Waals surface area (Å²) in [4.78, 5) is 20.7. The first kappa shape index (κ1) is 15.1. The van der Waals surface area contributed by atoms with E-state index in [4.69, 9.17) is 0 Å². The Labute approximate surface area is 133 Å². The number of amides is 1. The van der Waals surface area contributed by atoms with Gasteiger partial charge in [-0.2, -0.15) is 0 Å². The summed E-state index contributed by atoms with van der Waals surface area (Å²) >= 11 is 0. The number of carbonyl (C=O) groups excluding carboxylic acids is 1. The zero-order valence-corrected chi connectivity index (χ0v) is 13.0. The molecule has 0 unspecified atom stereocenters. The number of halogens is 1. The number of rotatable bonds is 4. The molecule has 0 radical (unpaired) electrons. The predicted molar refractivity (Wildman–Crippen MR) is 85.5 cm³/mol. The largest absolute Gasteiger partial charge is 0.348 e. The fourth-order valence-electron chi connectivity index (χ4n) is 2.64. The maximum atomic E-state index is 13.3. The number of benzene rings is 1. The Hall–Kier alpha value is -2.76. The van der Waals surface area contributed by atoms with Crippen molar-refractivity contribution in [2.24, 2.45) is 7.05 Å². The number of carbonyl (C=O) groups is 1. The van der Waals surface area contributed by atoms with E-state index in [9.17, 15) is 9.18 Å². The Bertz CT molecular complexity index is 844. The van der Waals surface area contributed by atoms with Gasteiger partial charge in [-0.05, 0) is 31.2 Å². The van der Waals surface area contributed by atoms with Gasteiger partial charge in [-0.1, -0.05) is 0 Å². The van der Waals surface area contributed by atoms with Crippen LogP contribution < -0.4 is 5.32 Å². The summed E-state index contributed by atoms with van der Waals surface area (Å²) in [7, 11) is 1.79. The number of fused-ring (bicyclic) bond motifs is 1. The second-order valence-corrected chi connectivity index (χ2v) is 5.57. The summed E-state index contributed by atoms with van der Waals surface area (Å²) in [6, 6.07) is 6.09. The standard InChI is InChI=1S/C17H17FN4O/c1-11(7-14-10-19-5-6-20-14)21-17(23)16-9-12-8-13(18)3-4-15(12)22(16)2/h3-6,8-11H,7H2,1-2H3,(H,21,23)/t11-/m1/s1. The van der Waals surface area contributed by atoms with Crippen molar-refractivity contribution in [3.05, 3.63) is 60.1 Å². The zero-order valence-electron chi connectivity index (χ0n) is 13.0. The van der Waals surface area contributed by atoms with Crippen molar-refractivity contribution in [3.8, 4) is 0 Å². The van der Waals surface area contributed by atoms with Gasteiger partial charge in [0.05, 0.1) is 5.69 Å². The minimum atomic E-state index is -0.314. The van der Waals surface area contributed by atoms with Crippen LogP contribution in [0.4, 0.5) is 4.39 Å². The lowest BCUT2D eigenvalue weighted by Gasteiger charge is -2.13. The van der Waals surface area contributed by atoms with Gasteiger partial charge in [-0.25, -0.2) is 4.39 Å². The molecule has 3 rings (SSSR count). The second kappa shape index (κ2) is 6.16. The van der Waals surface area contributed by atoms with Crippen LogP contribution >= 0.6 is 0 Å². The molecule has 0 aliphatic carbocycles. The molecule has 5 nitrogen and oxygen atoms in total. The molecule has 1 N–H and O–H groups in total. The molecular weight excluding hydrogens is 295 g/mol. The normalized spacial score (nSPS) is 12.3. The summed E-state index contributed by atoms with van der Waals surface area (Å²) < 4.78 is 15.1. The van der Waals surface area contributed by atoms with E-state index in [0.29, 0.717) is 17.5 Å². The topological polar surface area (TPSA) is 59.8 Å². The van der Waals surface area contributed by atoms with Gasteiger partial charge < -0.3 is 9.88 Å². The Morgan fingerprint density at radius 2 is 2.17 bits per heavy atom. The van der Waals surface area contributed by atoms with Crippen LogP contribution in [0.2, 0.25) is 0 Å². The number of hydrogen-bond donors (Lipinski definition) is 1. The van der Waals surface area contributed by atoms with Crippen LogP contribution in [-0.2, 0) is 13.5 Å². The molecule has 0 saturated heterocycles. The van der Waals surface area contributed by atoms with Gasteiger partial charge in [0.1, 0.15) is 11.5 Å². The number of aromatic nitrogens is 3. The van der Waals surface area contributed by atoms with Crippen LogP contribution in [0.15, 0.2) is 42.9 Å². The van der Waals surface area contributed by atoms with Crippen molar-refractivity contribution in [1.29, 1.82) is 0 Å². The Balaban J connectivity index is 1.76. The Morgan fingerprint density at radius 3 is 2.91 bits per heavy atom. The van der Waals surface area contributed by atoms with E-state index in [1.807, 2.05) is 6.92 Å². The van der Waals surface area contributed by atoms with E-state index in [1.54, 1.807) is 42.3 Å². The second-order valence-electron chi connectivity index (χ2n) is 5.57. The van der Waals surface area contributed by atoms with Crippen LogP contribution in [0.5, 0.6) is 0 Å². The predicted octanol–water partition coefficient (Wildman–Crippen LogP) is 2.47. The molecule has 2 aromatic heterocycles. The van der Waals surface area contributed by atoms with E-state index in [0.717, 1.165) is 11.2 Å². The van der Waals surface area contributed by atoms with Gasteiger partial charge in [0.2, 0.25) is 0 Å². The summed E-state index contributed by atoms with van der Waals surface area (Å²) in [5.41, 5.74) is 2.13. The van der Waals surface area contributed by atoms with Crippen molar-refractivity contribution >= 4 is 16.8 Å². The summed E-state index contributed by atoms with van der Waals surface area (Å²) in [6.07, 6.45) is 5.52. The van der Waals surface area contributed by atoms with E-state index in [-0.39, 0.29) is 17.8 Å². The average molecular weight is 312 g/mol. The number of hydrogen-bond acceptors (Lipinski definition) is 3. The molecular formula is C17H17FN4O. The summed E-state index contributed by atoms with van der Waals surface area (Å²) in [5, 5.41) is 3.65. The van der Waals surface area contributed by atoms with Crippen LogP contribution in [0, 0.1) is 5.82 Å². The molecule has 2 heterocycles. The van der Waals surface area contributed by atoms with Crippen molar-refractivity contribution in [2.45, 2.75) is 19.4 Å². The molecule has 3 aromatic rings. The van der Waals surface area contributed by atoms with Crippen LogP contribution in [0.25, 0.3) is 10.9 Å². The molecule has 1 atom stereocenters. The highest BCUT2D eigenvalue weighted by Gasteiger charge is 2.16. The average Bonchev–Trinajstić information content (AvgIpc) is 2.84. The summed E-state index contributed by atoms with van der Waals surface area (Å²) in [5.74, 6) is -0.508. The number of aryl methyl sites for hydroxylation is 1. The minimum Gasteiger partial charge on any atom is -0.348 e. The van der Waals surface area contributed by atoms with Gasteiger partial charge in [0.15, 0.2) is 0 Å². The molecule has 0 aliphatic heterocycles. The van der Waals surface area contributed by atoms with Gasteiger partial charge in [-0.3, -0.25) is 14.8 Å². The fourth-order valence-corrected chi connectivity index (χ4v) is 2.64. The van der Waals surface area contributed by atoms with Crippen LogP contribution in [0.3, 0.4) is 0 Å². The van der Waals surface area contributed by atoms with E-state index in [1.165, 1.54) is 12.1 Å². The zero-order chi connectivity index (χ0) is 16.4. The first-order valence-corrected chi connectivity index (χ1v) is 7.35. The first-order valence-electron chi connectivity index (χ1n) is 7.35. The molecule has 0 saturated carbocycles. The highest BCUT2D eigenvalue weighted by molar-refractivity contribution is 5.98. The number of nitrogens with zero attached hydrogens (tertiary/aromatic N) is 3. The molecule has 0 fully saturated rings. The molecule has 6 heteroatoms. The van der Waals surface area contributed by atoms with Crippen molar-refractivity contribution in [3.63, 3.8) is 0 Å². The molecule has 0 bridgehead atoms. The smallest absolute Gasteiger partial charge is 0.268 e. The maximum Gasteiger partial charge on any atom is 0.268 e. The third-order valence-electron chi connectivity index (χ3n) is 3.75. The number of nitrogens with one attached hydrogen (secondary N) is 1. The van der Waals surface area contributed by atoms with Crippen molar-refractivity contribution in [2.75, 3.05) is 0 Å². The lowest BCUT2D eigenvalue weighted by Crippen LogP contribution is -2.35. The SMILES string of the molecule is C[C@H](Cc1cnccn1)NC(=O)c1cc2cc(F)ccc2n1C. The minimum absolute atomic E-state index is 0.0889. The maximum absolute atomic E-state index is 13.3. The first-order chi connectivity index (χ1) is 11.0. The van der Waals surface area contributed by atoms with E-state index in [2.05, 4.69) is 15.3 Å². The van der Waals surface area contributed by atoms with Gasteiger partial charge in [-0.15, -0.1) is 0 Å². The van der Waals surface area contributed by atoms with E-state index >= 15 is 0 Å². The van der Waals surface area contributed by atoms with Crippen molar-refractivity contribution in [1.82, 2.24) is 19.9 Å². The molecule has 1 amide bonds. The van der Waals surface area contributed by atoms with Gasteiger partial charge >= 0.3 is 0 Å². The highest BCUT2D eigenvalue weighted by Crippen LogP contribution is 2.20. The van der Waals surface area contributed by atoms with Crippen molar-refractivity contribution < 1.29 is 9.18 Å². The molecule has 0 aliphatic rings. The fraction of sp³-hybridized carbons (Fsp3) is 0.235. The Morgan fingerprint density at radius 1 is 1.35 bits per heavy atom. The third kappa shape index (κ3) is 3.21. The quantitative estimate of drug-likeness (QED) is 0.805. The molecule has 118 valence electrons. The van der Waals surface area contributed by atoms with Gasteiger partial charge in [0.25, 0.3) is 5.91 Å². The molecule has 1 aromatic carbocycles. The lowest BCUT2D eigenvalue weighted by molar-refractivity contribution is 0.0932. The molecule has 23 heavy (non-hydrogen) atoms. The third-order valence-corrected chi connectivity index (χ3v) is 3.75. The Kier molecular flexibility index (Phi) is 4.06. The highest BCUT2D eigenvalue weighted by atomic mass is 19.1. The molecule has 0 spiro atoms. The van der Waals surface area contributed by atoms with Crippen LogP contribution in [-0.4, -0.2) is 26.5 Å². The van der Waals surface area contributed by atoms with Crippen LogP contribution in [0.1, 0.15) is 23.1 Å². The summed E-state index contributed by atoms with van der Waals surface area (Å²) in [6.45, 7) is 1.91. The lowest BCUT2D eigenvalue weighted by atomic mass is 10.2. The monoisotopic (exact) mass is 312 g/mol. The van der Waals surface area contributed by atoms with E-state index < -0.39 is 0 Å².